The van der Waals surface area contributed by atoms with Gasteiger partial charge >= 0.3 is 11.7 Å². The second kappa shape index (κ2) is 9.09. The molecule has 0 saturated carbocycles. The molecule has 3 N–H and O–H groups in total. The monoisotopic (exact) mass is 469 g/mol. The summed E-state index contributed by atoms with van der Waals surface area (Å²) in [5.74, 6) is 0.282. The van der Waals surface area contributed by atoms with E-state index in [9.17, 15) is 14.7 Å². The number of methoxy groups -OCH3 is 1. The highest BCUT2D eigenvalue weighted by atomic mass is 16.7. The van der Waals surface area contributed by atoms with E-state index in [0.717, 1.165) is 16.5 Å². The van der Waals surface area contributed by atoms with Gasteiger partial charge in [0.25, 0.3) is 0 Å². The molecule has 2 heterocycles. The van der Waals surface area contributed by atoms with E-state index in [1.165, 1.54) is 7.11 Å². The molecule has 0 aliphatic carbocycles. The largest absolute Gasteiger partial charge is 0.461 e. The molecular weight excluding hydrogens is 442 g/mol. The van der Waals surface area contributed by atoms with E-state index in [1.807, 2.05) is 37.3 Å². The van der Waals surface area contributed by atoms with Crippen LogP contribution in [0.25, 0.3) is 22.1 Å². The van der Waals surface area contributed by atoms with Crippen LogP contribution < -0.4 is 16.1 Å². The van der Waals surface area contributed by atoms with Gasteiger partial charge in [0, 0.05) is 18.6 Å². The number of nitrogens with two attached hydrogens (primary N) is 1. The van der Waals surface area contributed by atoms with Gasteiger partial charge < -0.3 is 34.2 Å². The molecule has 1 saturated heterocycles. The minimum absolute atomic E-state index is 0.282. The molecule has 4 atom stereocenters. The first-order chi connectivity index (χ1) is 16.1. The van der Waals surface area contributed by atoms with Crippen LogP contribution in [0.4, 0.5) is 4.79 Å². The second-order valence-electron chi connectivity index (χ2n) is 8.67. The predicted octanol–water partition coefficient (Wildman–Crippen LogP) is 3.12. The zero-order chi connectivity index (χ0) is 24.6. The summed E-state index contributed by atoms with van der Waals surface area (Å²) in [6.07, 6.45) is -5.60. The normalized spacial score (nSPS) is 24.0. The van der Waals surface area contributed by atoms with Crippen LogP contribution in [-0.4, -0.2) is 48.5 Å². The van der Waals surface area contributed by atoms with Crippen LogP contribution in [0.15, 0.2) is 57.7 Å². The van der Waals surface area contributed by atoms with Crippen LogP contribution in [0.3, 0.4) is 0 Å². The third-order valence-corrected chi connectivity index (χ3v) is 5.98. The summed E-state index contributed by atoms with van der Waals surface area (Å²) >= 11 is 0. The Hall–Kier alpha value is -3.40. The van der Waals surface area contributed by atoms with Gasteiger partial charge in [0.2, 0.25) is 6.29 Å². The highest BCUT2D eigenvalue weighted by Gasteiger charge is 2.52. The molecule has 9 nitrogen and oxygen atoms in total. The summed E-state index contributed by atoms with van der Waals surface area (Å²) in [5, 5.41) is 11.5. The van der Waals surface area contributed by atoms with Crippen molar-refractivity contribution in [3.63, 3.8) is 0 Å². The standard InChI is InChI=1S/C25H27NO8/c1-13-16-11-10-15(12-17(16)32-22(28)18(13)14-8-6-5-7-9-14)31-23-20(33-24(26)29)19(27)21(30-4)25(2,3)34-23/h5-12,19-21,23,27H,1-4H3,(H2,26,29). The first-order valence-corrected chi connectivity index (χ1v) is 10.8. The number of benzene rings is 2. The zero-order valence-corrected chi connectivity index (χ0v) is 19.3. The van der Waals surface area contributed by atoms with Crippen molar-refractivity contribution in [1.29, 1.82) is 0 Å². The number of aryl methyl sites for hydroxylation is 1. The average molecular weight is 469 g/mol. The minimum Gasteiger partial charge on any atom is -0.461 e. The second-order valence-corrected chi connectivity index (χ2v) is 8.67. The van der Waals surface area contributed by atoms with Gasteiger partial charge in [-0.2, -0.15) is 0 Å². The molecule has 180 valence electrons. The molecule has 3 aromatic rings. The van der Waals surface area contributed by atoms with E-state index in [0.29, 0.717) is 11.1 Å². The van der Waals surface area contributed by atoms with Crippen molar-refractivity contribution in [2.45, 2.75) is 51.0 Å². The minimum atomic E-state index is -1.26. The van der Waals surface area contributed by atoms with E-state index < -0.39 is 41.9 Å². The zero-order valence-electron chi connectivity index (χ0n) is 19.3. The Labute approximate surface area is 196 Å². The van der Waals surface area contributed by atoms with Gasteiger partial charge in [0.05, 0.1) is 11.2 Å². The van der Waals surface area contributed by atoms with Crippen molar-refractivity contribution in [3.8, 4) is 16.9 Å². The highest BCUT2D eigenvalue weighted by Crippen LogP contribution is 2.35. The molecule has 1 amide bonds. The van der Waals surface area contributed by atoms with E-state index >= 15 is 0 Å². The molecule has 34 heavy (non-hydrogen) atoms. The smallest absolute Gasteiger partial charge is 0.405 e. The highest BCUT2D eigenvalue weighted by molar-refractivity contribution is 5.87. The van der Waals surface area contributed by atoms with Crippen molar-refractivity contribution < 1.29 is 33.3 Å². The first kappa shape index (κ1) is 23.7. The summed E-state index contributed by atoms with van der Waals surface area (Å²) in [7, 11) is 1.42. The van der Waals surface area contributed by atoms with Crippen molar-refractivity contribution in [2.75, 3.05) is 7.11 Å². The molecule has 2 aromatic carbocycles. The molecule has 4 rings (SSSR count). The molecule has 1 aliphatic heterocycles. The summed E-state index contributed by atoms with van der Waals surface area (Å²) in [5.41, 5.74) is 6.09. The van der Waals surface area contributed by atoms with E-state index in [-0.39, 0.29) is 5.75 Å². The van der Waals surface area contributed by atoms with Crippen molar-refractivity contribution in [1.82, 2.24) is 0 Å². The maximum absolute atomic E-state index is 12.8. The molecule has 9 heteroatoms. The van der Waals surface area contributed by atoms with Crippen molar-refractivity contribution in [3.05, 3.63) is 64.5 Å². The molecular formula is C25H27NO8. The van der Waals surface area contributed by atoms with Gasteiger partial charge in [-0.1, -0.05) is 30.3 Å². The van der Waals surface area contributed by atoms with Crippen LogP contribution in [0.2, 0.25) is 0 Å². The Bertz CT molecular complexity index is 1250. The Morgan fingerprint density at radius 3 is 2.50 bits per heavy atom. The summed E-state index contributed by atoms with van der Waals surface area (Å²) in [4.78, 5) is 24.2. The van der Waals surface area contributed by atoms with E-state index in [2.05, 4.69) is 0 Å². The lowest BCUT2D eigenvalue weighted by Gasteiger charge is -2.47. The fraction of sp³-hybridized carbons (Fsp3) is 0.360. The maximum atomic E-state index is 12.8. The molecule has 4 unspecified atom stereocenters. The number of rotatable bonds is 5. The van der Waals surface area contributed by atoms with Gasteiger partial charge in [-0.15, -0.1) is 0 Å². The molecule has 0 radical (unpaired) electrons. The Kier molecular flexibility index (Phi) is 6.35. The quantitative estimate of drug-likeness (QED) is 0.545. The molecule has 0 bridgehead atoms. The van der Waals surface area contributed by atoms with Crippen LogP contribution in [0.1, 0.15) is 19.4 Å². The van der Waals surface area contributed by atoms with Crippen LogP contribution >= 0.6 is 0 Å². The van der Waals surface area contributed by atoms with E-state index in [4.69, 9.17) is 29.1 Å². The third-order valence-electron chi connectivity index (χ3n) is 5.98. The lowest BCUT2D eigenvalue weighted by atomic mass is 9.89. The van der Waals surface area contributed by atoms with E-state index in [1.54, 1.807) is 32.0 Å². The number of aliphatic hydroxyl groups is 1. The number of hydrogen-bond acceptors (Lipinski definition) is 8. The van der Waals surface area contributed by atoms with Gasteiger partial charge in [-0.05, 0) is 44.0 Å². The number of ether oxygens (including phenoxy) is 4. The number of carbonyl (C=O) groups excluding carboxylic acids is 1. The van der Waals surface area contributed by atoms with Crippen LogP contribution in [0.5, 0.6) is 5.75 Å². The van der Waals surface area contributed by atoms with Crippen LogP contribution in [0, 0.1) is 6.92 Å². The van der Waals surface area contributed by atoms with Crippen molar-refractivity contribution in [2.24, 2.45) is 5.73 Å². The SMILES string of the molecule is COC1C(O)C(OC(N)=O)C(Oc2ccc3c(C)c(-c4ccccc4)c(=O)oc3c2)OC1(C)C. The number of primary amides is 1. The Balaban J connectivity index is 1.69. The number of carbonyl (C=O) groups is 1. The summed E-state index contributed by atoms with van der Waals surface area (Å²) < 4.78 is 27.9. The summed E-state index contributed by atoms with van der Waals surface area (Å²) in [6, 6.07) is 14.3. The van der Waals surface area contributed by atoms with Gasteiger partial charge in [-0.3, -0.25) is 0 Å². The number of amides is 1. The fourth-order valence-corrected chi connectivity index (χ4v) is 4.43. The molecule has 1 aromatic heterocycles. The number of aliphatic hydroxyl groups excluding tert-OH is 1. The van der Waals surface area contributed by atoms with Gasteiger partial charge in [-0.25, -0.2) is 9.59 Å². The van der Waals surface area contributed by atoms with Gasteiger partial charge in [0.1, 0.15) is 23.5 Å². The lowest BCUT2D eigenvalue weighted by molar-refractivity contribution is -0.304. The number of hydrogen-bond donors (Lipinski definition) is 2. The van der Waals surface area contributed by atoms with Gasteiger partial charge in [0.15, 0.2) is 6.10 Å². The first-order valence-electron chi connectivity index (χ1n) is 10.8. The molecule has 0 spiro atoms. The molecule has 1 fully saturated rings. The Morgan fingerprint density at radius 1 is 1.15 bits per heavy atom. The fourth-order valence-electron chi connectivity index (χ4n) is 4.43. The number of fused-ring (bicyclic) bond motifs is 1. The summed E-state index contributed by atoms with van der Waals surface area (Å²) in [6.45, 7) is 5.29. The topological polar surface area (TPSA) is 130 Å². The van der Waals surface area contributed by atoms with Crippen molar-refractivity contribution >= 4 is 17.1 Å². The molecule has 1 aliphatic rings. The third kappa shape index (κ3) is 4.37. The maximum Gasteiger partial charge on any atom is 0.405 e. The average Bonchev–Trinajstić information content (AvgIpc) is 2.76. The predicted molar refractivity (Wildman–Crippen MR) is 123 cm³/mol. The Morgan fingerprint density at radius 2 is 1.85 bits per heavy atom. The van der Waals surface area contributed by atoms with Crippen LogP contribution in [-0.2, 0) is 14.2 Å². The lowest BCUT2D eigenvalue weighted by Crippen LogP contribution is -2.65.